The zero-order chi connectivity index (χ0) is 22.2. The van der Waals surface area contributed by atoms with Gasteiger partial charge in [0.05, 0.1) is 18.4 Å². The zero-order valence-corrected chi connectivity index (χ0v) is 18.0. The highest BCUT2D eigenvalue weighted by molar-refractivity contribution is 7.10. The normalized spacial score (nSPS) is 17.8. The lowest BCUT2D eigenvalue weighted by Gasteiger charge is -2.25. The van der Waals surface area contributed by atoms with Crippen LogP contribution in [0.5, 0.6) is 5.75 Å². The molecule has 1 aliphatic heterocycles. The number of methoxy groups -OCH3 is 1. The molecule has 158 valence electrons. The summed E-state index contributed by atoms with van der Waals surface area (Å²) in [6.07, 6.45) is 0. The second-order valence-electron chi connectivity index (χ2n) is 7.41. The van der Waals surface area contributed by atoms with Crippen LogP contribution < -0.4 is 9.64 Å². The van der Waals surface area contributed by atoms with Crippen molar-refractivity contribution in [1.29, 1.82) is 0 Å². The first-order chi connectivity index (χ1) is 15.6. The Morgan fingerprint density at radius 1 is 0.938 bits per heavy atom. The molecule has 0 aliphatic carbocycles. The molecule has 4 aromatic rings. The number of amides is 1. The van der Waals surface area contributed by atoms with Crippen molar-refractivity contribution in [1.82, 2.24) is 0 Å². The van der Waals surface area contributed by atoms with Gasteiger partial charge in [-0.2, -0.15) is 0 Å². The van der Waals surface area contributed by atoms with Crippen LogP contribution in [0.4, 0.5) is 5.69 Å². The maximum atomic E-state index is 13.3. The topological polar surface area (TPSA) is 66.8 Å². The summed E-state index contributed by atoms with van der Waals surface area (Å²) in [6, 6.07) is 23.2. The molecular weight excluding hydrogens is 422 g/mol. The Labute approximate surface area is 188 Å². The fraction of sp³-hybridized carbons (Fsp3) is 0.0769. The van der Waals surface area contributed by atoms with E-state index in [0.29, 0.717) is 17.0 Å². The zero-order valence-electron chi connectivity index (χ0n) is 17.2. The molecule has 1 aliphatic rings. The quantitative estimate of drug-likeness (QED) is 0.257. The van der Waals surface area contributed by atoms with Gasteiger partial charge in [-0.05, 0) is 47.2 Å². The summed E-state index contributed by atoms with van der Waals surface area (Å²) in [7, 11) is 1.56. The van der Waals surface area contributed by atoms with E-state index in [-0.39, 0.29) is 11.3 Å². The summed E-state index contributed by atoms with van der Waals surface area (Å²) in [6.45, 7) is 0. The third-order valence-electron chi connectivity index (χ3n) is 5.65. The summed E-state index contributed by atoms with van der Waals surface area (Å²) < 4.78 is 5.18. The van der Waals surface area contributed by atoms with E-state index in [4.69, 9.17) is 4.74 Å². The third-order valence-corrected chi connectivity index (χ3v) is 6.57. The maximum absolute atomic E-state index is 13.3. The van der Waals surface area contributed by atoms with Crippen molar-refractivity contribution in [3.63, 3.8) is 0 Å². The molecule has 1 atom stereocenters. The van der Waals surface area contributed by atoms with E-state index in [0.717, 1.165) is 15.6 Å². The van der Waals surface area contributed by atoms with E-state index in [1.165, 1.54) is 16.2 Å². The minimum Gasteiger partial charge on any atom is -0.507 e. The predicted molar refractivity (Wildman–Crippen MR) is 126 cm³/mol. The van der Waals surface area contributed by atoms with E-state index in [9.17, 15) is 14.7 Å². The number of benzene rings is 3. The van der Waals surface area contributed by atoms with Gasteiger partial charge in [0.15, 0.2) is 0 Å². The van der Waals surface area contributed by atoms with Crippen LogP contribution in [0.25, 0.3) is 16.5 Å². The number of anilines is 1. The minimum atomic E-state index is -0.720. The number of thiophene rings is 1. The molecule has 2 heterocycles. The van der Waals surface area contributed by atoms with Crippen molar-refractivity contribution < 1.29 is 19.4 Å². The SMILES string of the molecule is COc1ccc(/C(O)=C2/C(=O)C(=O)N(c3cccc4ccccc34)C2c2cccs2)cc1. The number of hydrogen-bond acceptors (Lipinski definition) is 5. The Kier molecular flexibility index (Phi) is 4.99. The molecule has 3 aromatic carbocycles. The third kappa shape index (κ3) is 3.16. The standard InChI is InChI=1S/C26H19NO4S/c1-31-18-13-11-17(12-14-18)24(28)22-23(21-10-5-15-32-21)27(26(30)25(22)29)20-9-4-7-16-6-2-3-8-19(16)20/h2-15,23,28H,1H3/b24-22-. The number of rotatable bonds is 4. The molecule has 1 fully saturated rings. The Bertz CT molecular complexity index is 1350. The largest absolute Gasteiger partial charge is 0.507 e. The molecule has 32 heavy (non-hydrogen) atoms. The van der Waals surface area contributed by atoms with Crippen molar-refractivity contribution >= 4 is 45.2 Å². The minimum absolute atomic E-state index is 0.0792. The lowest BCUT2D eigenvalue weighted by atomic mass is 9.99. The van der Waals surface area contributed by atoms with Crippen molar-refractivity contribution in [2.45, 2.75) is 6.04 Å². The number of ether oxygens (including phenoxy) is 1. The highest BCUT2D eigenvalue weighted by atomic mass is 32.1. The predicted octanol–water partition coefficient (Wildman–Crippen LogP) is 5.54. The molecular formula is C26H19NO4S. The van der Waals surface area contributed by atoms with Crippen molar-refractivity contribution in [3.8, 4) is 5.75 Å². The summed E-state index contributed by atoms with van der Waals surface area (Å²) in [5.41, 5.74) is 1.16. The summed E-state index contributed by atoms with van der Waals surface area (Å²) in [5.74, 6) is -0.931. The monoisotopic (exact) mass is 441 g/mol. The average Bonchev–Trinajstić information content (AvgIpc) is 3.45. The van der Waals surface area contributed by atoms with Gasteiger partial charge in [-0.3, -0.25) is 14.5 Å². The lowest BCUT2D eigenvalue weighted by Crippen LogP contribution is -2.29. The van der Waals surface area contributed by atoms with Gasteiger partial charge in [-0.1, -0.05) is 42.5 Å². The Hall–Kier alpha value is -3.90. The van der Waals surface area contributed by atoms with Gasteiger partial charge < -0.3 is 9.84 Å². The van der Waals surface area contributed by atoms with Gasteiger partial charge in [0, 0.05) is 15.8 Å². The van der Waals surface area contributed by atoms with Crippen LogP contribution in [0.15, 0.2) is 89.8 Å². The van der Waals surface area contributed by atoms with Crippen LogP contribution in [0.2, 0.25) is 0 Å². The van der Waals surface area contributed by atoms with Crippen LogP contribution in [0.1, 0.15) is 16.5 Å². The number of carbonyl (C=O) groups is 2. The Morgan fingerprint density at radius 2 is 1.69 bits per heavy atom. The number of aliphatic hydroxyl groups is 1. The van der Waals surface area contributed by atoms with Crippen LogP contribution in [0.3, 0.4) is 0 Å². The second-order valence-corrected chi connectivity index (χ2v) is 8.39. The van der Waals surface area contributed by atoms with Gasteiger partial charge in [-0.15, -0.1) is 11.3 Å². The van der Waals surface area contributed by atoms with Gasteiger partial charge in [0.2, 0.25) is 0 Å². The highest BCUT2D eigenvalue weighted by Crippen LogP contribution is 2.45. The number of fused-ring (bicyclic) bond motifs is 1. The fourth-order valence-electron chi connectivity index (χ4n) is 4.12. The molecule has 1 N–H and O–H groups in total. The summed E-state index contributed by atoms with van der Waals surface area (Å²) in [5, 5.41) is 14.9. The first-order valence-corrected chi connectivity index (χ1v) is 10.9. The molecule has 5 nitrogen and oxygen atoms in total. The summed E-state index contributed by atoms with van der Waals surface area (Å²) >= 11 is 1.44. The number of carbonyl (C=O) groups excluding carboxylic acids is 2. The fourth-order valence-corrected chi connectivity index (χ4v) is 4.94. The van der Waals surface area contributed by atoms with E-state index >= 15 is 0 Å². The molecule has 0 spiro atoms. The van der Waals surface area contributed by atoms with E-state index in [2.05, 4.69) is 0 Å². The van der Waals surface area contributed by atoms with Gasteiger partial charge in [0.25, 0.3) is 11.7 Å². The van der Waals surface area contributed by atoms with E-state index < -0.39 is 17.7 Å². The average molecular weight is 442 g/mol. The highest BCUT2D eigenvalue weighted by Gasteiger charge is 2.47. The van der Waals surface area contributed by atoms with Gasteiger partial charge in [-0.25, -0.2) is 0 Å². The van der Waals surface area contributed by atoms with Crippen LogP contribution in [-0.4, -0.2) is 23.9 Å². The molecule has 1 saturated heterocycles. The smallest absolute Gasteiger partial charge is 0.300 e. The number of Topliss-reactive ketones (excluding diaryl/α,β-unsaturated/α-hetero) is 1. The maximum Gasteiger partial charge on any atom is 0.300 e. The van der Waals surface area contributed by atoms with Gasteiger partial charge >= 0.3 is 0 Å². The van der Waals surface area contributed by atoms with Crippen LogP contribution in [0, 0.1) is 0 Å². The number of nitrogens with zero attached hydrogens (tertiary/aromatic N) is 1. The van der Waals surface area contributed by atoms with Crippen LogP contribution >= 0.6 is 11.3 Å². The molecule has 6 heteroatoms. The first-order valence-electron chi connectivity index (χ1n) is 10.1. The van der Waals surface area contributed by atoms with E-state index in [1.54, 1.807) is 31.4 Å². The molecule has 0 saturated carbocycles. The lowest BCUT2D eigenvalue weighted by molar-refractivity contribution is -0.132. The second kappa shape index (κ2) is 7.98. The molecule has 0 bridgehead atoms. The molecule has 0 radical (unpaired) electrons. The molecule has 1 unspecified atom stereocenters. The number of ketones is 1. The van der Waals surface area contributed by atoms with Crippen LogP contribution in [-0.2, 0) is 9.59 Å². The van der Waals surface area contributed by atoms with Gasteiger partial charge in [0.1, 0.15) is 17.6 Å². The summed E-state index contributed by atoms with van der Waals surface area (Å²) in [4.78, 5) is 28.9. The number of aliphatic hydroxyl groups excluding tert-OH is 1. The molecule has 5 rings (SSSR count). The van der Waals surface area contributed by atoms with E-state index in [1.807, 2.05) is 60.0 Å². The molecule has 1 aromatic heterocycles. The molecule has 1 amide bonds. The Morgan fingerprint density at radius 3 is 2.41 bits per heavy atom. The van der Waals surface area contributed by atoms with Crippen molar-refractivity contribution in [2.75, 3.05) is 12.0 Å². The van der Waals surface area contributed by atoms with Crippen molar-refractivity contribution in [3.05, 3.63) is 100 Å². The first kappa shape index (κ1) is 20.0. The Balaban J connectivity index is 1.73. The number of hydrogen-bond donors (Lipinski definition) is 1. The van der Waals surface area contributed by atoms with Crippen molar-refractivity contribution in [2.24, 2.45) is 0 Å².